The maximum Gasteiger partial charge on any atom is 0.254 e. The number of carbonyl (C=O) groups excluding carboxylic acids is 1. The van der Waals surface area contributed by atoms with Gasteiger partial charge >= 0.3 is 0 Å². The van der Waals surface area contributed by atoms with Crippen molar-refractivity contribution in [1.29, 1.82) is 0 Å². The molecule has 0 N–H and O–H groups in total. The number of rotatable bonds is 2. The largest absolute Gasteiger partial charge is 0.436 e. The van der Waals surface area contributed by atoms with Gasteiger partial charge in [0.1, 0.15) is 5.52 Å². The van der Waals surface area contributed by atoms with E-state index >= 15 is 0 Å². The molecule has 1 aromatic heterocycles. The molecule has 7 heteroatoms. The quantitative estimate of drug-likeness (QED) is 0.659. The summed E-state index contributed by atoms with van der Waals surface area (Å²) in [5.74, 6) is 0.442. The topological polar surface area (TPSA) is 49.6 Å². The Morgan fingerprint density at radius 3 is 2.42 bits per heavy atom. The predicted octanol–water partition coefficient (Wildman–Crippen LogP) is 4.19. The van der Waals surface area contributed by atoms with Crippen LogP contribution in [0, 0.1) is 0 Å². The minimum Gasteiger partial charge on any atom is -0.436 e. The predicted molar refractivity (Wildman–Crippen MR) is 103 cm³/mol. The molecule has 3 aromatic rings. The number of carbonyl (C=O) groups is 1. The third kappa shape index (κ3) is 3.43. The first-order valence-electron chi connectivity index (χ1n) is 8.34. The Morgan fingerprint density at radius 2 is 1.73 bits per heavy atom. The van der Waals surface area contributed by atoms with Gasteiger partial charge in [0.05, 0.1) is 0 Å². The summed E-state index contributed by atoms with van der Waals surface area (Å²) in [7, 11) is 2.06. The molecule has 0 atom stereocenters. The van der Waals surface area contributed by atoms with Gasteiger partial charge < -0.3 is 14.2 Å². The molecule has 0 bridgehead atoms. The second-order valence-corrected chi connectivity index (χ2v) is 7.33. The van der Waals surface area contributed by atoms with Gasteiger partial charge in [0, 0.05) is 47.4 Å². The van der Waals surface area contributed by atoms with Crippen LogP contribution in [-0.4, -0.2) is 53.9 Å². The smallest absolute Gasteiger partial charge is 0.254 e. The molecule has 0 spiro atoms. The monoisotopic (exact) mass is 389 g/mol. The van der Waals surface area contributed by atoms with Crippen LogP contribution in [0.1, 0.15) is 10.4 Å². The minimum absolute atomic E-state index is 0.0174. The number of hydrogen-bond acceptors (Lipinski definition) is 4. The fraction of sp³-hybridized carbons (Fsp3) is 0.263. The van der Waals surface area contributed by atoms with Crippen LogP contribution >= 0.6 is 23.2 Å². The molecule has 26 heavy (non-hydrogen) atoms. The van der Waals surface area contributed by atoms with E-state index in [4.69, 9.17) is 27.6 Å². The highest BCUT2D eigenvalue weighted by Crippen LogP contribution is 2.29. The van der Waals surface area contributed by atoms with Crippen LogP contribution in [0.25, 0.3) is 22.6 Å². The molecule has 0 saturated carbocycles. The molecule has 1 fully saturated rings. The number of fused-ring (bicyclic) bond motifs is 1. The van der Waals surface area contributed by atoms with Crippen LogP contribution < -0.4 is 0 Å². The summed E-state index contributed by atoms with van der Waals surface area (Å²) in [6.45, 7) is 3.23. The van der Waals surface area contributed by atoms with Gasteiger partial charge in [-0.05, 0) is 43.4 Å². The van der Waals surface area contributed by atoms with Gasteiger partial charge in [-0.1, -0.05) is 23.2 Å². The highest BCUT2D eigenvalue weighted by atomic mass is 35.5. The average Bonchev–Trinajstić information content (AvgIpc) is 3.04. The lowest BCUT2D eigenvalue weighted by atomic mass is 10.1. The van der Waals surface area contributed by atoms with Crippen molar-refractivity contribution in [1.82, 2.24) is 14.8 Å². The summed E-state index contributed by atoms with van der Waals surface area (Å²) in [4.78, 5) is 21.3. The molecule has 2 heterocycles. The summed E-state index contributed by atoms with van der Waals surface area (Å²) in [6, 6.07) is 10.5. The summed E-state index contributed by atoms with van der Waals surface area (Å²) in [6.07, 6.45) is 0. The molecular formula is C19H17Cl2N3O2. The number of nitrogens with zero attached hydrogens (tertiary/aromatic N) is 3. The number of hydrogen-bond donors (Lipinski definition) is 0. The lowest BCUT2D eigenvalue weighted by molar-refractivity contribution is 0.0664. The van der Waals surface area contributed by atoms with E-state index in [-0.39, 0.29) is 5.91 Å². The Labute approximate surface area is 161 Å². The van der Waals surface area contributed by atoms with Gasteiger partial charge in [-0.2, -0.15) is 0 Å². The van der Waals surface area contributed by atoms with Crippen LogP contribution in [0.5, 0.6) is 0 Å². The number of aromatic nitrogens is 1. The number of oxazole rings is 1. The Kier molecular flexibility index (Phi) is 4.61. The summed E-state index contributed by atoms with van der Waals surface area (Å²) in [5, 5.41) is 1.03. The van der Waals surface area contributed by atoms with Gasteiger partial charge in [-0.3, -0.25) is 4.79 Å². The van der Waals surface area contributed by atoms with Crippen LogP contribution in [0.3, 0.4) is 0 Å². The van der Waals surface area contributed by atoms with Crippen LogP contribution in [0.2, 0.25) is 10.0 Å². The highest BCUT2D eigenvalue weighted by Gasteiger charge is 2.21. The number of benzene rings is 2. The highest BCUT2D eigenvalue weighted by molar-refractivity contribution is 6.35. The normalized spacial score (nSPS) is 15.6. The van der Waals surface area contributed by atoms with Crippen molar-refractivity contribution in [3.05, 3.63) is 52.0 Å². The van der Waals surface area contributed by atoms with Crippen LogP contribution in [-0.2, 0) is 0 Å². The fourth-order valence-electron chi connectivity index (χ4n) is 3.05. The van der Waals surface area contributed by atoms with Crippen molar-refractivity contribution in [3.63, 3.8) is 0 Å². The first-order valence-corrected chi connectivity index (χ1v) is 9.10. The molecular weight excluding hydrogens is 373 g/mol. The van der Waals surface area contributed by atoms with E-state index < -0.39 is 0 Å². The Bertz CT molecular complexity index is 958. The van der Waals surface area contributed by atoms with E-state index in [1.807, 2.05) is 4.90 Å². The molecule has 0 unspecified atom stereocenters. The Hall–Kier alpha value is -2.08. The molecule has 1 aliphatic heterocycles. The minimum atomic E-state index is 0.0174. The summed E-state index contributed by atoms with van der Waals surface area (Å²) < 4.78 is 5.85. The zero-order chi connectivity index (χ0) is 18.3. The molecule has 1 saturated heterocycles. The molecule has 0 aliphatic carbocycles. The zero-order valence-corrected chi connectivity index (χ0v) is 15.7. The molecule has 134 valence electrons. The van der Waals surface area contributed by atoms with Crippen molar-refractivity contribution < 1.29 is 9.21 Å². The van der Waals surface area contributed by atoms with E-state index in [2.05, 4.69) is 16.9 Å². The summed E-state index contributed by atoms with van der Waals surface area (Å²) in [5.41, 5.74) is 2.56. The van der Waals surface area contributed by atoms with E-state index in [9.17, 15) is 4.79 Å². The zero-order valence-electron chi connectivity index (χ0n) is 14.2. The number of amides is 1. The Balaban J connectivity index is 1.64. The molecule has 5 nitrogen and oxygen atoms in total. The van der Waals surface area contributed by atoms with Crippen molar-refractivity contribution in [2.24, 2.45) is 0 Å². The van der Waals surface area contributed by atoms with Gasteiger partial charge in [-0.25, -0.2) is 4.98 Å². The van der Waals surface area contributed by atoms with E-state index in [0.717, 1.165) is 26.2 Å². The van der Waals surface area contributed by atoms with Crippen LogP contribution in [0.15, 0.2) is 40.8 Å². The lowest BCUT2D eigenvalue weighted by Gasteiger charge is -2.32. The Morgan fingerprint density at radius 1 is 1.04 bits per heavy atom. The van der Waals surface area contributed by atoms with Gasteiger partial charge in [0.25, 0.3) is 5.91 Å². The van der Waals surface area contributed by atoms with Crippen LogP contribution in [0.4, 0.5) is 0 Å². The van der Waals surface area contributed by atoms with Crippen molar-refractivity contribution >= 4 is 40.2 Å². The van der Waals surface area contributed by atoms with E-state index in [1.54, 1.807) is 36.4 Å². The van der Waals surface area contributed by atoms with Gasteiger partial charge in [-0.15, -0.1) is 0 Å². The molecule has 4 rings (SSSR count). The lowest BCUT2D eigenvalue weighted by Crippen LogP contribution is -2.47. The van der Waals surface area contributed by atoms with Gasteiger partial charge in [0.15, 0.2) is 5.58 Å². The van der Waals surface area contributed by atoms with Gasteiger partial charge in [0.2, 0.25) is 5.89 Å². The molecule has 1 amide bonds. The third-order valence-corrected chi connectivity index (χ3v) is 4.97. The number of piperazine rings is 1. The second-order valence-electron chi connectivity index (χ2n) is 6.46. The van der Waals surface area contributed by atoms with Crippen molar-refractivity contribution in [2.45, 2.75) is 0 Å². The van der Waals surface area contributed by atoms with Crippen molar-refractivity contribution in [3.8, 4) is 11.5 Å². The third-order valence-electron chi connectivity index (χ3n) is 4.54. The first kappa shape index (κ1) is 17.3. The first-order chi connectivity index (χ1) is 12.5. The molecule has 0 radical (unpaired) electrons. The van der Waals surface area contributed by atoms with E-state index in [0.29, 0.717) is 38.2 Å². The maximum atomic E-state index is 12.7. The standard InChI is InChI=1S/C19H17Cl2N3O2/c1-23-4-6-24(7-5-23)19(25)12-2-3-16-17(10-12)26-18(22-16)13-8-14(20)11-15(21)9-13/h2-3,8-11H,4-7H2,1H3. The van der Waals surface area contributed by atoms with Crippen molar-refractivity contribution in [2.75, 3.05) is 33.2 Å². The maximum absolute atomic E-state index is 12.7. The SMILES string of the molecule is CN1CCN(C(=O)c2ccc3nc(-c4cc(Cl)cc(Cl)c4)oc3c2)CC1. The average molecular weight is 390 g/mol. The number of halogens is 2. The second kappa shape index (κ2) is 6.91. The number of likely N-dealkylation sites (N-methyl/N-ethyl adjacent to an activating group) is 1. The van der Waals surface area contributed by atoms with E-state index in [1.165, 1.54) is 0 Å². The molecule has 2 aromatic carbocycles. The molecule has 1 aliphatic rings. The summed E-state index contributed by atoms with van der Waals surface area (Å²) >= 11 is 12.1. The fourth-order valence-corrected chi connectivity index (χ4v) is 3.58.